The zero-order valence-corrected chi connectivity index (χ0v) is 15.8. The lowest BCUT2D eigenvalue weighted by molar-refractivity contribution is 0.102. The molecule has 0 aliphatic carbocycles. The molecule has 0 fully saturated rings. The van der Waals surface area contributed by atoms with Crippen molar-refractivity contribution in [2.45, 2.75) is 13.5 Å². The average molecular weight is 392 g/mol. The van der Waals surface area contributed by atoms with Crippen LogP contribution in [0.15, 0.2) is 63.9 Å². The highest BCUT2D eigenvalue weighted by Gasteiger charge is 2.14. The van der Waals surface area contributed by atoms with Crippen LogP contribution in [0.1, 0.15) is 21.9 Å². The molecule has 0 bridgehead atoms. The van der Waals surface area contributed by atoms with Crippen molar-refractivity contribution in [3.05, 3.63) is 76.6 Å². The number of aromatic nitrogens is 3. The monoisotopic (exact) mass is 392 g/mol. The highest BCUT2D eigenvalue weighted by atomic mass is 32.1. The first-order valence-electron chi connectivity index (χ1n) is 8.50. The molecule has 0 aliphatic rings. The van der Waals surface area contributed by atoms with Gasteiger partial charge in [-0.3, -0.25) is 4.79 Å². The molecule has 0 saturated carbocycles. The lowest BCUT2D eigenvalue weighted by Crippen LogP contribution is -2.13. The van der Waals surface area contributed by atoms with E-state index in [2.05, 4.69) is 20.4 Å². The molecule has 2 heterocycles. The summed E-state index contributed by atoms with van der Waals surface area (Å²) in [5.41, 5.74) is 4.39. The molecular weight excluding hydrogens is 376 g/mol. The van der Waals surface area contributed by atoms with E-state index in [9.17, 15) is 4.79 Å². The van der Waals surface area contributed by atoms with E-state index in [0.29, 0.717) is 35.3 Å². The molecule has 0 unspecified atom stereocenters. The molecule has 4 rings (SSSR count). The number of carbonyl (C=O) groups excluding carboxylic acids is 1. The van der Waals surface area contributed by atoms with Gasteiger partial charge < -0.3 is 14.6 Å². The third-order valence-electron chi connectivity index (χ3n) is 3.90. The number of ether oxygens (including phenoxy) is 1. The molecule has 0 saturated heterocycles. The summed E-state index contributed by atoms with van der Waals surface area (Å²) < 4.78 is 10.8. The first-order chi connectivity index (χ1) is 13.7. The number of anilines is 1. The number of hydrogen-bond donors (Lipinski definition) is 1. The molecule has 7 nitrogen and oxygen atoms in total. The summed E-state index contributed by atoms with van der Waals surface area (Å²) in [7, 11) is 0. The van der Waals surface area contributed by atoms with Crippen molar-refractivity contribution < 1.29 is 14.1 Å². The van der Waals surface area contributed by atoms with Crippen LogP contribution < -0.4 is 10.1 Å². The lowest BCUT2D eigenvalue weighted by Gasteiger charge is -2.11. The van der Waals surface area contributed by atoms with E-state index < -0.39 is 0 Å². The molecular formula is C20H16N4O3S. The maximum Gasteiger partial charge on any atom is 0.259 e. The normalized spacial score (nSPS) is 10.6. The van der Waals surface area contributed by atoms with Crippen molar-refractivity contribution in [2.24, 2.45) is 0 Å². The Morgan fingerprint density at radius 1 is 1.21 bits per heavy atom. The summed E-state index contributed by atoms with van der Waals surface area (Å²) in [5, 5.41) is 8.70. The molecule has 2 aromatic carbocycles. The van der Waals surface area contributed by atoms with Gasteiger partial charge in [-0.15, -0.1) is 11.3 Å². The van der Waals surface area contributed by atoms with E-state index in [1.807, 2.05) is 23.6 Å². The van der Waals surface area contributed by atoms with Gasteiger partial charge in [0.05, 0.1) is 16.8 Å². The van der Waals surface area contributed by atoms with Gasteiger partial charge in [-0.05, 0) is 24.3 Å². The maximum absolute atomic E-state index is 12.8. The Morgan fingerprint density at radius 3 is 2.89 bits per heavy atom. The van der Waals surface area contributed by atoms with Crippen LogP contribution in [0.5, 0.6) is 5.75 Å². The van der Waals surface area contributed by atoms with Gasteiger partial charge in [0.2, 0.25) is 11.7 Å². The number of para-hydroxylation sites is 1. The van der Waals surface area contributed by atoms with Crippen LogP contribution in [0.4, 0.5) is 5.69 Å². The first-order valence-corrected chi connectivity index (χ1v) is 9.44. The molecule has 8 heteroatoms. The number of carbonyl (C=O) groups is 1. The highest BCUT2D eigenvalue weighted by molar-refractivity contribution is 7.07. The summed E-state index contributed by atoms with van der Waals surface area (Å²) in [6.07, 6.45) is 0. The van der Waals surface area contributed by atoms with E-state index in [1.54, 1.807) is 42.8 Å². The van der Waals surface area contributed by atoms with Gasteiger partial charge in [0.15, 0.2) is 0 Å². The van der Waals surface area contributed by atoms with Crippen LogP contribution in [0.2, 0.25) is 0 Å². The van der Waals surface area contributed by atoms with E-state index in [0.717, 1.165) is 11.3 Å². The zero-order chi connectivity index (χ0) is 19.3. The summed E-state index contributed by atoms with van der Waals surface area (Å²) in [6.45, 7) is 2.03. The predicted molar refractivity (Wildman–Crippen MR) is 105 cm³/mol. The molecule has 2 aromatic heterocycles. The molecule has 1 N–H and O–H groups in total. The van der Waals surface area contributed by atoms with E-state index in [1.165, 1.54) is 11.3 Å². The largest absolute Gasteiger partial charge is 0.486 e. The van der Waals surface area contributed by atoms with Gasteiger partial charge in [-0.1, -0.05) is 29.4 Å². The zero-order valence-electron chi connectivity index (χ0n) is 15.0. The predicted octanol–water partition coefficient (Wildman–Crippen LogP) is 4.33. The minimum atomic E-state index is -0.268. The third kappa shape index (κ3) is 4.07. The van der Waals surface area contributed by atoms with Crippen molar-refractivity contribution in [3.8, 4) is 17.1 Å². The van der Waals surface area contributed by atoms with E-state index >= 15 is 0 Å². The number of rotatable bonds is 6. The van der Waals surface area contributed by atoms with Crippen molar-refractivity contribution in [3.63, 3.8) is 0 Å². The van der Waals surface area contributed by atoms with Gasteiger partial charge >= 0.3 is 0 Å². The van der Waals surface area contributed by atoms with Crippen LogP contribution >= 0.6 is 11.3 Å². The first kappa shape index (κ1) is 17.9. The second-order valence-electron chi connectivity index (χ2n) is 5.94. The molecule has 4 aromatic rings. The van der Waals surface area contributed by atoms with Gasteiger partial charge in [-0.25, -0.2) is 4.98 Å². The van der Waals surface area contributed by atoms with E-state index in [4.69, 9.17) is 9.26 Å². The number of thiazole rings is 1. The Morgan fingerprint density at radius 2 is 2.11 bits per heavy atom. The minimum absolute atomic E-state index is 0.268. The smallest absolute Gasteiger partial charge is 0.259 e. The number of nitrogens with zero attached hydrogens (tertiary/aromatic N) is 3. The fourth-order valence-corrected chi connectivity index (χ4v) is 3.13. The average Bonchev–Trinajstić information content (AvgIpc) is 3.38. The summed E-state index contributed by atoms with van der Waals surface area (Å²) in [4.78, 5) is 21.2. The van der Waals surface area contributed by atoms with Crippen LogP contribution in [0.3, 0.4) is 0 Å². The van der Waals surface area contributed by atoms with Gasteiger partial charge in [0, 0.05) is 23.6 Å². The topological polar surface area (TPSA) is 90.1 Å². The second kappa shape index (κ2) is 8.01. The quantitative estimate of drug-likeness (QED) is 0.525. The van der Waals surface area contributed by atoms with Gasteiger partial charge in [0.1, 0.15) is 12.4 Å². The van der Waals surface area contributed by atoms with Crippen LogP contribution in [0.25, 0.3) is 11.4 Å². The van der Waals surface area contributed by atoms with Crippen LogP contribution in [-0.2, 0) is 6.61 Å². The Hall–Kier alpha value is -3.52. The standard InChI is InChI=1S/C20H16N4O3S/c1-13-22-19(24-27-13)14-5-4-6-15(9-14)23-20(25)17-7-2-3-8-18(17)26-10-16-11-28-12-21-16/h2-9,11-12H,10H2,1H3,(H,23,25). The van der Waals surface area contributed by atoms with Gasteiger partial charge in [-0.2, -0.15) is 4.98 Å². The number of hydrogen-bond acceptors (Lipinski definition) is 7. The van der Waals surface area contributed by atoms with Crippen molar-refractivity contribution >= 4 is 22.9 Å². The molecule has 1 amide bonds. The Bertz CT molecular complexity index is 1090. The molecule has 140 valence electrons. The summed E-state index contributed by atoms with van der Waals surface area (Å²) in [5.74, 6) is 1.18. The second-order valence-corrected chi connectivity index (χ2v) is 6.66. The highest BCUT2D eigenvalue weighted by Crippen LogP contribution is 2.23. The SMILES string of the molecule is Cc1nc(-c2cccc(NC(=O)c3ccccc3OCc3cscn3)c2)no1. The number of benzene rings is 2. The Labute approximate surface area is 165 Å². The van der Waals surface area contributed by atoms with Crippen LogP contribution in [0, 0.1) is 6.92 Å². The Balaban J connectivity index is 1.51. The van der Waals surface area contributed by atoms with Crippen molar-refractivity contribution in [1.29, 1.82) is 0 Å². The maximum atomic E-state index is 12.8. The van der Waals surface area contributed by atoms with Crippen LogP contribution in [-0.4, -0.2) is 21.0 Å². The number of nitrogens with one attached hydrogen (secondary N) is 1. The lowest BCUT2D eigenvalue weighted by atomic mass is 10.1. The van der Waals surface area contributed by atoms with E-state index in [-0.39, 0.29) is 5.91 Å². The van der Waals surface area contributed by atoms with Crippen molar-refractivity contribution in [1.82, 2.24) is 15.1 Å². The molecule has 0 spiro atoms. The molecule has 0 aliphatic heterocycles. The molecule has 0 radical (unpaired) electrons. The molecule has 0 atom stereocenters. The summed E-state index contributed by atoms with van der Waals surface area (Å²) >= 11 is 1.50. The minimum Gasteiger partial charge on any atom is -0.486 e. The van der Waals surface area contributed by atoms with Gasteiger partial charge in [0.25, 0.3) is 5.91 Å². The number of amides is 1. The Kier molecular flexibility index (Phi) is 5.11. The third-order valence-corrected chi connectivity index (χ3v) is 4.53. The summed E-state index contributed by atoms with van der Waals surface area (Å²) in [6, 6.07) is 14.4. The fourth-order valence-electron chi connectivity index (χ4n) is 2.59. The molecule has 28 heavy (non-hydrogen) atoms. The number of aryl methyl sites for hydroxylation is 1. The fraction of sp³-hybridized carbons (Fsp3) is 0.100. The van der Waals surface area contributed by atoms with Crippen molar-refractivity contribution in [2.75, 3.05) is 5.32 Å².